The minimum Gasteiger partial charge on any atom is -0.383 e. The third-order valence-electron chi connectivity index (χ3n) is 3.64. The molecule has 0 radical (unpaired) electrons. The molecule has 1 saturated heterocycles. The van der Waals surface area contributed by atoms with Gasteiger partial charge < -0.3 is 15.5 Å². The average molecular weight is 281 g/mol. The van der Waals surface area contributed by atoms with Gasteiger partial charge in [0.25, 0.3) is 0 Å². The number of piperazine rings is 1. The second-order valence-corrected chi connectivity index (χ2v) is 6.05. The van der Waals surface area contributed by atoms with Crippen LogP contribution in [0, 0.1) is 12.3 Å². The molecule has 0 unspecified atom stereocenters. The van der Waals surface area contributed by atoms with Crippen LogP contribution in [0.25, 0.3) is 0 Å². The minimum absolute atomic E-state index is 0.137. The molecular weight excluding hydrogens is 258 g/mol. The van der Waals surface area contributed by atoms with Crippen LogP contribution < -0.4 is 5.73 Å². The molecule has 1 fully saturated rings. The van der Waals surface area contributed by atoms with Crippen molar-refractivity contribution in [3.63, 3.8) is 0 Å². The predicted molar refractivity (Wildman–Crippen MR) is 80.1 cm³/mol. The molecule has 1 aliphatic heterocycles. The average Bonchev–Trinajstić information content (AvgIpc) is 2.78. The molecule has 5 nitrogen and oxygen atoms in total. The number of rotatable bonds is 5. The molecular formula is C13H23N5S. The molecule has 2 rings (SSSR count). The van der Waals surface area contributed by atoms with Crippen molar-refractivity contribution >= 4 is 17.2 Å². The van der Waals surface area contributed by atoms with Crippen LogP contribution >= 0.6 is 11.3 Å². The van der Waals surface area contributed by atoms with E-state index in [0.29, 0.717) is 0 Å². The number of nitrogen functional groups attached to an aromatic ring is 1. The Kier molecular flexibility index (Phi) is 4.90. The quantitative estimate of drug-likeness (QED) is 0.622. The SMILES string of the molecule is CCN1CCN(CCc2nc(C)c(C(=N)N)s2)CC1. The number of aromatic nitrogens is 1. The molecule has 19 heavy (non-hydrogen) atoms. The fourth-order valence-electron chi connectivity index (χ4n) is 2.39. The van der Waals surface area contributed by atoms with Crippen LogP contribution in [0.1, 0.15) is 22.5 Å². The summed E-state index contributed by atoms with van der Waals surface area (Å²) in [5.41, 5.74) is 6.43. The Labute approximate surface area is 118 Å². The molecule has 0 bridgehead atoms. The molecule has 0 aliphatic carbocycles. The van der Waals surface area contributed by atoms with Gasteiger partial charge in [-0.05, 0) is 13.5 Å². The highest BCUT2D eigenvalue weighted by atomic mass is 32.1. The fourth-order valence-corrected chi connectivity index (χ4v) is 3.31. The third kappa shape index (κ3) is 3.75. The smallest absolute Gasteiger partial charge is 0.135 e. The van der Waals surface area contributed by atoms with Crippen molar-refractivity contribution in [3.8, 4) is 0 Å². The first kappa shape index (κ1) is 14.4. The molecule has 1 aromatic rings. The highest BCUT2D eigenvalue weighted by Crippen LogP contribution is 2.18. The number of hydrogen-bond acceptors (Lipinski definition) is 5. The molecule has 0 aromatic carbocycles. The second-order valence-electron chi connectivity index (χ2n) is 4.96. The maximum Gasteiger partial charge on any atom is 0.135 e. The summed E-state index contributed by atoms with van der Waals surface area (Å²) in [4.78, 5) is 10.3. The van der Waals surface area contributed by atoms with Crippen molar-refractivity contribution in [3.05, 3.63) is 15.6 Å². The summed E-state index contributed by atoms with van der Waals surface area (Å²) in [6.07, 6.45) is 0.963. The zero-order valence-electron chi connectivity index (χ0n) is 11.8. The van der Waals surface area contributed by atoms with Crippen molar-refractivity contribution in [1.82, 2.24) is 14.8 Å². The van der Waals surface area contributed by atoms with E-state index in [9.17, 15) is 0 Å². The zero-order chi connectivity index (χ0) is 13.8. The summed E-state index contributed by atoms with van der Waals surface area (Å²) in [7, 11) is 0. The number of hydrogen-bond donors (Lipinski definition) is 2. The van der Waals surface area contributed by atoms with Gasteiger partial charge >= 0.3 is 0 Å². The molecule has 0 amide bonds. The van der Waals surface area contributed by atoms with Crippen molar-refractivity contribution < 1.29 is 0 Å². The second kappa shape index (κ2) is 6.45. The Morgan fingerprint density at radius 3 is 2.47 bits per heavy atom. The Balaban J connectivity index is 1.83. The van der Waals surface area contributed by atoms with Crippen LogP contribution in [0.15, 0.2) is 0 Å². The van der Waals surface area contributed by atoms with Gasteiger partial charge in [-0.25, -0.2) is 4.98 Å². The van der Waals surface area contributed by atoms with Gasteiger partial charge in [0, 0.05) is 39.1 Å². The molecule has 0 spiro atoms. The van der Waals surface area contributed by atoms with E-state index in [-0.39, 0.29) is 5.84 Å². The van der Waals surface area contributed by atoms with Crippen LogP contribution in [-0.4, -0.2) is 59.9 Å². The first-order valence-electron chi connectivity index (χ1n) is 6.85. The molecule has 2 heterocycles. The van der Waals surface area contributed by atoms with Crippen molar-refractivity contribution in [2.24, 2.45) is 5.73 Å². The third-order valence-corrected chi connectivity index (χ3v) is 4.89. The number of aryl methyl sites for hydroxylation is 1. The van der Waals surface area contributed by atoms with Crippen molar-refractivity contribution in [2.75, 3.05) is 39.3 Å². The molecule has 0 saturated carbocycles. The predicted octanol–water partition coefficient (Wildman–Crippen LogP) is 0.916. The molecule has 1 aromatic heterocycles. The Bertz CT molecular complexity index is 434. The van der Waals surface area contributed by atoms with Crippen molar-refractivity contribution in [1.29, 1.82) is 5.41 Å². The van der Waals surface area contributed by atoms with E-state index >= 15 is 0 Å². The normalized spacial score (nSPS) is 17.8. The minimum atomic E-state index is 0.137. The fraction of sp³-hybridized carbons (Fsp3) is 0.692. The summed E-state index contributed by atoms with van der Waals surface area (Å²) >= 11 is 1.56. The van der Waals surface area contributed by atoms with Gasteiger partial charge in [-0.3, -0.25) is 5.41 Å². The summed E-state index contributed by atoms with van der Waals surface area (Å²) in [6, 6.07) is 0. The number of amidine groups is 1. The highest BCUT2D eigenvalue weighted by molar-refractivity contribution is 7.13. The molecule has 106 valence electrons. The zero-order valence-corrected chi connectivity index (χ0v) is 12.6. The summed E-state index contributed by atoms with van der Waals surface area (Å²) in [5.74, 6) is 0.137. The molecule has 3 N–H and O–H groups in total. The lowest BCUT2D eigenvalue weighted by molar-refractivity contribution is 0.138. The van der Waals surface area contributed by atoms with Gasteiger partial charge in [-0.15, -0.1) is 11.3 Å². The Morgan fingerprint density at radius 2 is 1.95 bits per heavy atom. The number of nitrogens with one attached hydrogen (secondary N) is 1. The Morgan fingerprint density at radius 1 is 1.32 bits per heavy atom. The number of likely N-dealkylation sites (N-methyl/N-ethyl adjacent to an activating group) is 1. The summed E-state index contributed by atoms with van der Waals surface area (Å²) in [6.45, 7) is 11.0. The lowest BCUT2D eigenvalue weighted by Gasteiger charge is -2.33. The summed E-state index contributed by atoms with van der Waals surface area (Å²) in [5, 5.41) is 8.59. The maximum absolute atomic E-state index is 7.49. The van der Waals surface area contributed by atoms with Gasteiger partial charge in [0.1, 0.15) is 5.84 Å². The van der Waals surface area contributed by atoms with Gasteiger partial charge in [0.15, 0.2) is 0 Å². The van der Waals surface area contributed by atoms with E-state index < -0.39 is 0 Å². The van der Waals surface area contributed by atoms with E-state index in [1.54, 1.807) is 11.3 Å². The van der Waals surface area contributed by atoms with E-state index in [0.717, 1.165) is 48.2 Å². The van der Waals surface area contributed by atoms with E-state index in [1.807, 2.05) is 6.92 Å². The van der Waals surface area contributed by atoms with Crippen LogP contribution in [0.5, 0.6) is 0 Å². The van der Waals surface area contributed by atoms with Crippen molar-refractivity contribution in [2.45, 2.75) is 20.3 Å². The molecule has 0 atom stereocenters. The van der Waals surface area contributed by atoms with Gasteiger partial charge in [0.2, 0.25) is 0 Å². The Hall–Kier alpha value is -0.980. The number of nitrogens with zero attached hydrogens (tertiary/aromatic N) is 3. The lowest BCUT2D eigenvalue weighted by atomic mass is 10.3. The highest BCUT2D eigenvalue weighted by Gasteiger charge is 2.16. The van der Waals surface area contributed by atoms with Crippen LogP contribution in [0.2, 0.25) is 0 Å². The van der Waals surface area contributed by atoms with E-state index in [1.165, 1.54) is 13.1 Å². The molecule has 1 aliphatic rings. The van der Waals surface area contributed by atoms with Crippen LogP contribution in [0.4, 0.5) is 0 Å². The lowest BCUT2D eigenvalue weighted by Crippen LogP contribution is -2.46. The maximum atomic E-state index is 7.49. The molecule has 6 heteroatoms. The number of thiazole rings is 1. The standard InChI is InChI=1S/C13H23N5S/c1-3-17-6-8-18(9-7-17)5-4-11-16-10(2)12(19-11)13(14)15/h3-9H2,1-2H3,(H3,14,15). The van der Waals surface area contributed by atoms with Gasteiger partial charge in [-0.2, -0.15) is 0 Å². The first-order chi connectivity index (χ1) is 9.10. The van der Waals surface area contributed by atoms with E-state index in [2.05, 4.69) is 21.7 Å². The first-order valence-corrected chi connectivity index (χ1v) is 7.67. The van der Waals surface area contributed by atoms with E-state index in [4.69, 9.17) is 11.1 Å². The van der Waals surface area contributed by atoms with Gasteiger partial charge in [0.05, 0.1) is 15.6 Å². The largest absolute Gasteiger partial charge is 0.383 e. The number of nitrogens with two attached hydrogens (primary N) is 1. The van der Waals surface area contributed by atoms with Gasteiger partial charge in [-0.1, -0.05) is 6.92 Å². The van der Waals surface area contributed by atoms with Crippen LogP contribution in [-0.2, 0) is 6.42 Å². The topological polar surface area (TPSA) is 69.2 Å². The summed E-state index contributed by atoms with van der Waals surface area (Å²) < 4.78 is 0. The monoisotopic (exact) mass is 281 g/mol. The van der Waals surface area contributed by atoms with Crippen LogP contribution in [0.3, 0.4) is 0 Å².